The summed E-state index contributed by atoms with van der Waals surface area (Å²) in [5, 5.41) is 8.60. The lowest BCUT2D eigenvalue weighted by atomic mass is 10.1. The normalized spacial score (nSPS) is 11.2. The first-order chi connectivity index (χ1) is 10.2. The summed E-state index contributed by atoms with van der Waals surface area (Å²) in [6.45, 7) is 2.15. The topological polar surface area (TPSA) is 91.8 Å². The summed E-state index contributed by atoms with van der Waals surface area (Å²) < 4.78 is 23.6. The molecule has 0 aliphatic rings. The van der Waals surface area contributed by atoms with Gasteiger partial charge >= 0.3 is 5.97 Å². The smallest absolute Gasteiger partial charge is 0.303 e. The largest absolute Gasteiger partial charge is 0.481 e. The molecule has 1 aromatic carbocycles. The van der Waals surface area contributed by atoms with E-state index in [1.54, 1.807) is 19.2 Å². The number of carbonyl (C=O) groups is 2. The van der Waals surface area contributed by atoms with Crippen LogP contribution in [0.2, 0.25) is 0 Å². The summed E-state index contributed by atoms with van der Waals surface area (Å²) >= 11 is 0. The maximum absolute atomic E-state index is 12.3. The summed E-state index contributed by atoms with van der Waals surface area (Å²) in [5.74, 6) is -1.23. The van der Waals surface area contributed by atoms with E-state index in [2.05, 4.69) is 0 Å². The van der Waals surface area contributed by atoms with Crippen LogP contribution in [0.4, 0.5) is 0 Å². The van der Waals surface area contributed by atoms with Gasteiger partial charge in [-0.15, -0.1) is 0 Å². The Morgan fingerprint density at radius 1 is 1.27 bits per heavy atom. The van der Waals surface area contributed by atoms with E-state index in [0.717, 1.165) is 6.26 Å². The van der Waals surface area contributed by atoms with E-state index in [9.17, 15) is 18.0 Å². The number of amides is 1. The summed E-state index contributed by atoms with van der Waals surface area (Å²) in [6.07, 6.45) is 2.02. The van der Waals surface area contributed by atoms with Crippen LogP contribution in [0.3, 0.4) is 0 Å². The first-order valence-electron chi connectivity index (χ1n) is 6.97. The van der Waals surface area contributed by atoms with Gasteiger partial charge in [-0.05, 0) is 30.5 Å². The van der Waals surface area contributed by atoms with Gasteiger partial charge in [-0.2, -0.15) is 0 Å². The Morgan fingerprint density at radius 3 is 2.41 bits per heavy atom. The molecule has 1 rings (SSSR count). The second kappa shape index (κ2) is 7.40. The molecule has 0 spiro atoms. The minimum atomic E-state index is -3.40. The third-order valence-electron chi connectivity index (χ3n) is 3.33. The molecule has 0 heterocycles. The molecular formula is C15H21NO5S. The Labute approximate surface area is 130 Å². The van der Waals surface area contributed by atoms with Crippen LogP contribution in [0.1, 0.15) is 35.7 Å². The summed E-state index contributed by atoms with van der Waals surface area (Å²) in [4.78, 5) is 24.3. The molecule has 0 bridgehead atoms. The van der Waals surface area contributed by atoms with Gasteiger partial charge in [0.25, 0.3) is 5.91 Å². The number of aliphatic carboxylic acids is 1. The van der Waals surface area contributed by atoms with Crippen LogP contribution in [-0.4, -0.2) is 50.1 Å². The van der Waals surface area contributed by atoms with Crippen molar-refractivity contribution >= 4 is 21.7 Å². The van der Waals surface area contributed by atoms with Gasteiger partial charge < -0.3 is 10.0 Å². The van der Waals surface area contributed by atoms with Gasteiger partial charge in [-0.1, -0.05) is 13.0 Å². The Morgan fingerprint density at radius 2 is 1.91 bits per heavy atom. The molecule has 0 radical (unpaired) electrons. The zero-order valence-electron chi connectivity index (χ0n) is 13.0. The van der Waals surface area contributed by atoms with Gasteiger partial charge in [0.2, 0.25) is 0 Å². The SMILES string of the molecule is CCc1ccc(C(=O)N(C)CCCC(=O)O)cc1S(C)(=O)=O. The minimum Gasteiger partial charge on any atom is -0.481 e. The molecule has 0 aromatic heterocycles. The van der Waals surface area contributed by atoms with Crippen molar-refractivity contribution in [2.24, 2.45) is 0 Å². The number of rotatable bonds is 7. The standard InChI is InChI=1S/C15H21NO5S/c1-4-11-7-8-12(10-13(11)22(3,20)21)15(19)16(2)9-5-6-14(17)18/h7-8,10H,4-6,9H2,1-3H3,(H,17,18). The molecule has 1 aromatic rings. The van der Waals surface area contributed by atoms with Crippen molar-refractivity contribution in [1.29, 1.82) is 0 Å². The van der Waals surface area contributed by atoms with E-state index in [0.29, 0.717) is 24.9 Å². The fourth-order valence-corrected chi connectivity index (χ4v) is 3.14. The molecule has 0 aliphatic carbocycles. The van der Waals surface area contributed by atoms with Crippen molar-refractivity contribution in [3.63, 3.8) is 0 Å². The van der Waals surface area contributed by atoms with Crippen LogP contribution in [0, 0.1) is 0 Å². The Hall–Kier alpha value is -1.89. The molecule has 0 unspecified atom stereocenters. The van der Waals surface area contributed by atoms with Gasteiger partial charge in [0.15, 0.2) is 9.84 Å². The third kappa shape index (κ3) is 4.84. The molecule has 7 heteroatoms. The van der Waals surface area contributed by atoms with Crippen LogP contribution in [0.25, 0.3) is 0 Å². The number of carboxylic acids is 1. The second-order valence-corrected chi connectivity index (χ2v) is 7.16. The highest BCUT2D eigenvalue weighted by molar-refractivity contribution is 7.90. The molecular weight excluding hydrogens is 306 g/mol. The van der Waals surface area contributed by atoms with Gasteiger partial charge in [-0.3, -0.25) is 9.59 Å². The maximum atomic E-state index is 12.3. The number of hydrogen-bond acceptors (Lipinski definition) is 4. The highest BCUT2D eigenvalue weighted by atomic mass is 32.2. The number of nitrogens with zero attached hydrogens (tertiary/aromatic N) is 1. The quantitative estimate of drug-likeness (QED) is 0.821. The van der Waals surface area contributed by atoms with Crippen molar-refractivity contribution in [2.45, 2.75) is 31.1 Å². The Kier molecular flexibility index (Phi) is 6.11. The fraction of sp³-hybridized carbons (Fsp3) is 0.467. The van der Waals surface area contributed by atoms with Gasteiger partial charge in [0, 0.05) is 31.8 Å². The zero-order valence-corrected chi connectivity index (χ0v) is 13.8. The molecule has 0 fully saturated rings. The van der Waals surface area contributed by atoms with Crippen molar-refractivity contribution in [1.82, 2.24) is 4.90 Å². The average molecular weight is 327 g/mol. The van der Waals surface area contributed by atoms with E-state index < -0.39 is 15.8 Å². The summed E-state index contributed by atoms with van der Waals surface area (Å²) in [7, 11) is -1.84. The maximum Gasteiger partial charge on any atom is 0.303 e. The molecule has 0 saturated carbocycles. The third-order valence-corrected chi connectivity index (χ3v) is 4.50. The minimum absolute atomic E-state index is 0.0129. The molecule has 1 amide bonds. The van der Waals surface area contributed by atoms with E-state index in [1.807, 2.05) is 6.92 Å². The first-order valence-corrected chi connectivity index (χ1v) is 8.86. The van der Waals surface area contributed by atoms with Crippen LogP contribution in [0.15, 0.2) is 23.1 Å². The summed E-state index contributed by atoms with van der Waals surface area (Å²) in [5.41, 5.74) is 0.961. The fourth-order valence-electron chi connectivity index (χ4n) is 2.11. The van der Waals surface area contributed by atoms with Crippen LogP contribution >= 0.6 is 0 Å². The number of carboxylic acid groups (broad SMARTS) is 1. The number of carbonyl (C=O) groups excluding carboxylic acids is 1. The predicted octanol–water partition coefficient (Wildman–Crippen LogP) is 1.59. The lowest BCUT2D eigenvalue weighted by molar-refractivity contribution is -0.137. The molecule has 22 heavy (non-hydrogen) atoms. The van der Waals surface area contributed by atoms with Gasteiger partial charge in [0.1, 0.15) is 0 Å². The first kappa shape index (κ1) is 18.2. The van der Waals surface area contributed by atoms with Crippen molar-refractivity contribution in [2.75, 3.05) is 19.8 Å². The molecule has 1 N–H and O–H groups in total. The monoisotopic (exact) mass is 327 g/mol. The van der Waals surface area contributed by atoms with Gasteiger partial charge in [-0.25, -0.2) is 8.42 Å². The summed E-state index contributed by atoms with van der Waals surface area (Å²) in [6, 6.07) is 4.64. The van der Waals surface area contributed by atoms with E-state index >= 15 is 0 Å². The lowest BCUT2D eigenvalue weighted by Crippen LogP contribution is -2.28. The molecule has 6 nitrogen and oxygen atoms in total. The van der Waals surface area contributed by atoms with Crippen LogP contribution < -0.4 is 0 Å². The Bertz CT molecular complexity index is 667. The lowest BCUT2D eigenvalue weighted by Gasteiger charge is -2.17. The Balaban J connectivity index is 2.97. The molecule has 0 saturated heterocycles. The predicted molar refractivity (Wildman–Crippen MR) is 82.8 cm³/mol. The van der Waals surface area contributed by atoms with Gasteiger partial charge in [0.05, 0.1) is 4.90 Å². The van der Waals surface area contributed by atoms with E-state index in [-0.39, 0.29) is 22.8 Å². The van der Waals surface area contributed by atoms with Crippen LogP contribution in [-0.2, 0) is 21.1 Å². The molecule has 122 valence electrons. The highest BCUT2D eigenvalue weighted by Gasteiger charge is 2.18. The number of hydrogen-bond donors (Lipinski definition) is 1. The average Bonchev–Trinajstić information content (AvgIpc) is 2.44. The van der Waals surface area contributed by atoms with E-state index in [1.165, 1.54) is 11.0 Å². The highest BCUT2D eigenvalue weighted by Crippen LogP contribution is 2.19. The van der Waals surface area contributed by atoms with Crippen molar-refractivity contribution in [3.8, 4) is 0 Å². The molecule has 0 atom stereocenters. The number of aryl methyl sites for hydroxylation is 1. The van der Waals surface area contributed by atoms with Crippen LogP contribution in [0.5, 0.6) is 0 Å². The van der Waals surface area contributed by atoms with Crippen molar-refractivity contribution < 1.29 is 23.1 Å². The number of sulfone groups is 1. The van der Waals surface area contributed by atoms with E-state index in [4.69, 9.17) is 5.11 Å². The van der Waals surface area contributed by atoms with Crippen molar-refractivity contribution in [3.05, 3.63) is 29.3 Å². The molecule has 0 aliphatic heterocycles. The number of benzene rings is 1. The zero-order chi connectivity index (χ0) is 16.9. The second-order valence-electron chi connectivity index (χ2n) is 5.17.